The monoisotopic (exact) mass is 320 g/mol. The number of carbonyl (C=O) groups is 2. The molecule has 0 unspecified atom stereocenters. The number of aliphatic imine (C=N–C) groups is 2. The second-order valence-corrected chi connectivity index (χ2v) is 4.26. The first-order valence-electron chi connectivity index (χ1n) is 6.86. The average Bonchev–Trinajstić information content (AvgIpc) is 2.57. The molecule has 0 heterocycles. The van der Waals surface area contributed by atoms with Crippen LogP contribution in [0.3, 0.4) is 0 Å². The maximum Gasteiger partial charge on any atom is 0.321 e. The molecule has 9 nitrogen and oxygen atoms in total. The van der Waals surface area contributed by atoms with E-state index in [1.165, 1.54) is 11.7 Å². The van der Waals surface area contributed by atoms with Gasteiger partial charge in [0.2, 0.25) is 6.17 Å². The molecule has 1 aromatic rings. The fourth-order valence-corrected chi connectivity index (χ4v) is 1.58. The van der Waals surface area contributed by atoms with Crippen molar-refractivity contribution in [3.63, 3.8) is 0 Å². The molecule has 0 fully saturated rings. The maximum atomic E-state index is 11.9. The predicted molar refractivity (Wildman–Crippen MR) is 89.4 cm³/mol. The maximum absolute atomic E-state index is 11.9. The van der Waals surface area contributed by atoms with E-state index in [9.17, 15) is 9.59 Å². The van der Waals surface area contributed by atoms with Gasteiger partial charge in [0, 0.05) is 24.6 Å². The Labute approximate surface area is 133 Å². The van der Waals surface area contributed by atoms with Crippen LogP contribution in [0.25, 0.3) is 0 Å². The van der Waals surface area contributed by atoms with Gasteiger partial charge in [-0.15, -0.1) is 0 Å². The van der Waals surface area contributed by atoms with E-state index < -0.39 is 18.1 Å². The van der Waals surface area contributed by atoms with Gasteiger partial charge in [-0.3, -0.25) is 20.0 Å². The van der Waals surface area contributed by atoms with Gasteiger partial charge in [0.1, 0.15) is 0 Å². The highest BCUT2D eigenvalue weighted by atomic mass is 16.5. The zero-order valence-electron chi connectivity index (χ0n) is 12.9. The fourth-order valence-electron chi connectivity index (χ4n) is 1.58. The summed E-state index contributed by atoms with van der Waals surface area (Å²) in [4.78, 5) is 31.2. The summed E-state index contributed by atoms with van der Waals surface area (Å²) in [6.07, 6.45) is 1.68. The minimum atomic E-state index is -1.26. The summed E-state index contributed by atoms with van der Waals surface area (Å²) in [5, 5.41) is 16.5. The van der Waals surface area contributed by atoms with Gasteiger partial charge in [-0.2, -0.15) is 0 Å². The van der Waals surface area contributed by atoms with Gasteiger partial charge >= 0.3 is 6.03 Å². The summed E-state index contributed by atoms with van der Waals surface area (Å²) in [6.45, 7) is 2.01. The Morgan fingerprint density at radius 1 is 1.35 bits per heavy atom. The summed E-state index contributed by atoms with van der Waals surface area (Å²) in [7, 11) is 1.76. The molecule has 0 aliphatic carbocycles. The van der Waals surface area contributed by atoms with Crippen molar-refractivity contribution in [2.24, 2.45) is 9.98 Å². The van der Waals surface area contributed by atoms with E-state index in [2.05, 4.69) is 25.9 Å². The minimum Gasteiger partial charge on any atom is -0.388 e. The summed E-state index contributed by atoms with van der Waals surface area (Å²) >= 11 is 0. The van der Waals surface area contributed by atoms with Gasteiger partial charge in [-0.25, -0.2) is 10.3 Å². The van der Waals surface area contributed by atoms with Crippen LogP contribution < -0.4 is 21.4 Å². The molecule has 0 aliphatic heterocycles. The number of hydrogen-bond acceptors (Lipinski definition) is 6. The largest absolute Gasteiger partial charge is 0.388 e. The van der Waals surface area contributed by atoms with Gasteiger partial charge < -0.3 is 16.0 Å². The first kappa shape index (κ1) is 18.1. The number of hydrogen-bond donors (Lipinski definition) is 5. The number of rotatable bonds is 7. The molecule has 124 valence electrons. The Morgan fingerprint density at radius 2 is 2.09 bits per heavy atom. The molecular formula is C14H20N6O3. The van der Waals surface area contributed by atoms with E-state index in [-0.39, 0.29) is 6.54 Å². The highest BCUT2D eigenvalue weighted by Gasteiger charge is 2.18. The lowest BCUT2D eigenvalue weighted by Gasteiger charge is -2.13. The molecule has 0 saturated heterocycles. The first-order valence-corrected chi connectivity index (χ1v) is 6.86. The van der Waals surface area contributed by atoms with Crippen LogP contribution in [0.1, 0.15) is 6.92 Å². The quantitative estimate of drug-likeness (QED) is 0.290. The van der Waals surface area contributed by atoms with E-state index in [4.69, 9.17) is 5.21 Å². The van der Waals surface area contributed by atoms with E-state index in [1.54, 1.807) is 38.4 Å². The Bertz CT molecular complexity index is 588. The smallest absolute Gasteiger partial charge is 0.321 e. The molecule has 0 spiro atoms. The third kappa shape index (κ3) is 6.57. The number of hydroxylamine groups is 1. The van der Waals surface area contributed by atoms with Crippen LogP contribution in [0.5, 0.6) is 0 Å². The number of nitrogens with one attached hydrogen (secondary N) is 4. The normalized spacial score (nSPS) is 12.1. The van der Waals surface area contributed by atoms with Crippen LogP contribution in [0.2, 0.25) is 0 Å². The number of carbonyl (C=O) groups excluding carboxylic acids is 2. The molecule has 1 aromatic carbocycles. The highest BCUT2D eigenvalue weighted by Crippen LogP contribution is 2.14. The van der Waals surface area contributed by atoms with Crippen molar-refractivity contribution < 1.29 is 14.8 Å². The molecule has 3 amide bonds. The molecule has 0 radical (unpaired) electrons. The second-order valence-electron chi connectivity index (χ2n) is 4.26. The lowest BCUT2D eigenvalue weighted by atomic mass is 10.3. The summed E-state index contributed by atoms with van der Waals surface area (Å²) < 4.78 is 0. The fraction of sp³-hybridized carbons (Fsp3) is 0.286. The highest BCUT2D eigenvalue weighted by molar-refractivity contribution is 5.94. The average molecular weight is 320 g/mol. The minimum absolute atomic E-state index is 0.263. The van der Waals surface area contributed by atoms with Gasteiger partial charge in [0.05, 0.1) is 6.54 Å². The molecule has 0 aromatic heterocycles. The number of urea groups is 1. The summed E-state index contributed by atoms with van der Waals surface area (Å²) in [6, 6.07) is 6.38. The van der Waals surface area contributed by atoms with Crippen LogP contribution in [0.4, 0.5) is 16.2 Å². The standard InChI is InChI=1S/C14H20N6O3/c1-3-16-7-8-17-12(13(21)20-23)19-14(22)18-11-6-4-5-10(9-11)15-2/h3-6,8-9,12,15,23H,7H2,1-2H3,(H,20,21)(H2,18,19,22)/t12-/m1/s1. The molecule has 1 atom stereocenters. The van der Waals surface area contributed by atoms with E-state index in [0.717, 1.165) is 5.69 Å². The van der Waals surface area contributed by atoms with Gasteiger partial charge in [0.15, 0.2) is 0 Å². The number of benzene rings is 1. The first-order chi connectivity index (χ1) is 11.1. The Hall–Kier alpha value is -2.94. The lowest BCUT2D eigenvalue weighted by molar-refractivity contribution is -0.130. The van der Waals surface area contributed by atoms with Crippen molar-refractivity contribution in [1.82, 2.24) is 10.8 Å². The number of anilines is 2. The van der Waals surface area contributed by atoms with E-state index in [0.29, 0.717) is 5.69 Å². The Morgan fingerprint density at radius 3 is 2.74 bits per heavy atom. The van der Waals surface area contributed by atoms with Crippen molar-refractivity contribution in [2.45, 2.75) is 13.1 Å². The van der Waals surface area contributed by atoms with Crippen LogP contribution in [-0.2, 0) is 4.79 Å². The zero-order valence-corrected chi connectivity index (χ0v) is 12.9. The predicted octanol–water partition coefficient (Wildman–Crippen LogP) is 0.843. The van der Waals surface area contributed by atoms with Crippen molar-refractivity contribution in [1.29, 1.82) is 0 Å². The summed E-state index contributed by atoms with van der Waals surface area (Å²) in [5.74, 6) is -0.860. The van der Waals surface area contributed by atoms with Crippen molar-refractivity contribution in [3.8, 4) is 0 Å². The van der Waals surface area contributed by atoms with Crippen LogP contribution in [0, 0.1) is 0 Å². The Balaban J connectivity index is 2.68. The van der Waals surface area contributed by atoms with Gasteiger partial charge in [0.25, 0.3) is 5.91 Å². The van der Waals surface area contributed by atoms with Gasteiger partial charge in [-0.1, -0.05) is 6.07 Å². The molecule has 1 rings (SSSR count). The molecule has 23 heavy (non-hydrogen) atoms. The molecule has 0 bridgehead atoms. The number of amides is 3. The van der Waals surface area contributed by atoms with Crippen LogP contribution in [0.15, 0.2) is 34.3 Å². The van der Waals surface area contributed by atoms with E-state index >= 15 is 0 Å². The van der Waals surface area contributed by atoms with E-state index in [1.807, 2.05) is 6.07 Å². The molecule has 0 aliphatic rings. The lowest BCUT2D eigenvalue weighted by Crippen LogP contribution is -2.46. The molecule has 5 N–H and O–H groups in total. The zero-order chi connectivity index (χ0) is 17.1. The SMILES string of the molecule is CC=NCC=N[C@H](NC(=O)Nc1cccc(NC)c1)C(=O)NO. The Kier molecular flexibility index (Phi) is 7.79. The van der Waals surface area contributed by atoms with Crippen molar-refractivity contribution in [3.05, 3.63) is 24.3 Å². The topological polar surface area (TPSA) is 127 Å². The third-order valence-corrected chi connectivity index (χ3v) is 2.66. The summed E-state index contributed by atoms with van der Waals surface area (Å²) in [5.41, 5.74) is 2.81. The third-order valence-electron chi connectivity index (χ3n) is 2.66. The number of nitrogens with zero attached hydrogens (tertiary/aromatic N) is 2. The molecular weight excluding hydrogens is 300 g/mol. The molecule has 9 heteroatoms. The van der Waals surface area contributed by atoms with Crippen LogP contribution >= 0.6 is 0 Å². The van der Waals surface area contributed by atoms with Crippen molar-refractivity contribution >= 4 is 35.7 Å². The molecule has 0 saturated carbocycles. The van der Waals surface area contributed by atoms with Crippen molar-refractivity contribution in [2.75, 3.05) is 24.2 Å². The second kappa shape index (κ2) is 9.90. The van der Waals surface area contributed by atoms with Gasteiger partial charge in [-0.05, 0) is 31.3 Å². The van der Waals surface area contributed by atoms with Crippen LogP contribution in [-0.4, -0.2) is 49.3 Å².